The summed E-state index contributed by atoms with van der Waals surface area (Å²) < 4.78 is 0. The highest BCUT2D eigenvalue weighted by Crippen LogP contribution is 2.47. The van der Waals surface area contributed by atoms with Crippen molar-refractivity contribution in [3.05, 3.63) is 35.5 Å². The molecule has 0 N–H and O–H groups in total. The Kier molecular flexibility index (Phi) is 4.64. The Morgan fingerprint density at radius 2 is 1.78 bits per heavy atom. The van der Waals surface area contributed by atoms with E-state index >= 15 is 0 Å². The molecule has 0 saturated carbocycles. The molecule has 0 nitrogen and oxygen atoms in total. The van der Waals surface area contributed by atoms with E-state index in [-0.39, 0.29) is 10.8 Å². The summed E-state index contributed by atoms with van der Waals surface area (Å²) in [5.74, 6) is 0.771. The van der Waals surface area contributed by atoms with Gasteiger partial charge < -0.3 is 0 Å². The van der Waals surface area contributed by atoms with Crippen LogP contribution in [0.5, 0.6) is 0 Å². The summed E-state index contributed by atoms with van der Waals surface area (Å²) in [4.78, 5) is 0. The molecule has 0 fully saturated rings. The first-order valence-corrected chi connectivity index (χ1v) is 7.24. The molecule has 0 amide bonds. The molecule has 1 aliphatic rings. The lowest BCUT2D eigenvalue weighted by Crippen LogP contribution is -2.27. The minimum atomic E-state index is 0.204. The molecule has 0 aliphatic heterocycles. The van der Waals surface area contributed by atoms with Crippen LogP contribution in [0.25, 0.3) is 0 Å². The average Bonchev–Trinajstić information content (AvgIpc) is 2.34. The Labute approximate surface area is 114 Å². The van der Waals surface area contributed by atoms with Crippen LogP contribution in [0, 0.1) is 16.7 Å². The van der Waals surface area contributed by atoms with E-state index in [1.165, 1.54) is 18.4 Å². The molecule has 0 saturated heterocycles. The van der Waals surface area contributed by atoms with Gasteiger partial charge in [-0.1, -0.05) is 77.0 Å². The molecule has 0 aromatic heterocycles. The summed E-state index contributed by atoms with van der Waals surface area (Å²) in [5.41, 5.74) is 3.48. The molecule has 1 rings (SSSR count). The topological polar surface area (TPSA) is 0 Å². The molecule has 0 bridgehead atoms. The van der Waals surface area contributed by atoms with Crippen molar-refractivity contribution >= 4 is 0 Å². The predicted octanol–water partition coefficient (Wildman–Crippen LogP) is 5.92. The summed E-state index contributed by atoms with van der Waals surface area (Å²) >= 11 is 0. The quantitative estimate of drug-likeness (QED) is 0.580. The van der Waals surface area contributed by atoms with Gasteiger partial charge in [0.2, 0.25) is 0 Å². The van der Waals surface area contributed by atoms with Crippen molar-refractivity contribution in [1.29, 1.82) is 0 Å². The molecule has 0 heteroatoms. The maximum atomic E-state index is 2.41. The molecule has 0 aromatic rings. The molecule has 1 aliphatic carbocycles. The zero-order valence-corrected chi connectivity index (χ0v) is 13.3. The second kappa shape index (κ2) is 5.47. The summed E-state index contributed by atoms with van der Waals surface area (Å²) in [5, 5.41) is 0. The van der Waals surface area contributed by atoms with Crippen LogP contribution in [0.3, 0.4) is 0 Å². The molecule has 0 radical (unpaired) electrons. The lowest BCUT2D eigenvalue weighted by atomic mass is 9.65. The number of rotatable bonds is 3. The van der Waals surface area contributed by atoms with Gasteiger partial charge in [0.05, 0.1) is 0 Å². The zero-order valence-electron chi connectivity index (χ0n) is 13.3. The van der Waals surface area contributed by atoms with Crippen LogP contribution in [0.2, 0.25) is 0 Å². The monoisotopic (exact) mass is 246 g/mol. The fraction of sp³-hybridized carbons (Fsp3) is 0.667. The third kappa shape index (κ3) is 3.60. The Hall–Kier alpha value is -0.780. The normalized spacial score (nSPS) is 24.9. The predicted molar refractivity (Wildman–Crippen MR) is 82.6 cm³/mol. The van der Waals surface area contributed by atoms with E-state index in [0.29, 0.717) is 0 Å². The van der Waals surface area contributed by atoms with Crippen LogP contribution in [-0.2, 0) is 0 Å². The highest BCUT2D eigenvalue weighted by atomic mass is 14.4. The third-order valence-corrected chi connectivity index (χ3v) is 3.88. The van der Waals surface area contributed by atoms with Gasteiger partial charge in [0, 0.05) is 5.41 Å². The van der Waals surface area contributed by atoms with Crippen LogP contribution >= 0.6 is 0 Å². The van der Waals surface area contributed by atoms with Gasteiger partial charge in [-0.25, -0.2) is 0 Å². The van der Waals surface area contributed by atoms with Gasteiger partial charge in [0.25, 0.3) is 0 Å². The molecule has 102 valence electrons. The lowest BCUT2D eigenvalue weighted by molar-refractivity contribution is 0.326. The number of hydrogen-bond acceptors (Lipinski definition) is 0. The van der Waals surface area contributed by atoms with Crippen LogP contribution in [0.15, 0.2) is 35.5 Å². The third-order valence-electron chi connectivity index (χ3n) is 3.88. The SMILES string of the molecule is CC1=C(C(C)(C)C)C(C)(CCC(C)C)C=CC=C1. The first-order chi connectivity index (χ1) is 8.17. The first kappa shape index (κ1) is 15.3. The van der Waals surface area contributed by atoms with Gasteiger partial charge >= 0.3 is 0 Å². The van der Waals surface area contributed by atoms with Crippen LogP contribution in [0.4, 0.5) is 0 Å². The minimum absolute atomic E-state index is 0.204. The van der Waals surface area contributed by atoms with Crippen molar-refractivity contribution in [3.63, 3.8) is 0 Å². The van der Waals surface area contributed by atoms with Gasteiger partial charge in [-0.3, -0.25) is 0 Å². The van der Waals surface area contributed by atoms with Gasteiger partial charge in [0.15, 0.2) is 0 Å². The average molecular weight is 246 g/mol. The molecule has 0 heterocycles. The number of hydrogen-bond donors (Lipinski definition) is 0. The van der Waals surface area contributed by atoms with E-state index < -0.39 is 0 Å². The first-order valence-electron chi connectivity index (χ1n) is 7.24. The Balaban J connectivity index is 3.17. The fourth-order valence-electron chi connectivity index (χ4n) is 3.33. The van der Waals surface area contributed by atoms with Crippen LogP contribution < -0.4 is 0 Å². The molecule has 1 atom stereocenters. The van der Waals surface area contributed by atoms with E-state index in [1.807, 2.05) is 0 Å². The Morgan fingerprint density at radius 1 is 1.17 bits per heavy atom. The molecule has 18 heavy (non-hydrogen) atoms. The van der Waals surface area contributed by atoms with Crippen LogP contribution in [0.1, 0.15) is 61.3 Å². The summed E-state index contributed by atoms with van der Waals surface area (Å²) in [6.07, 6.45) is 11.6. The largest absolute Gasteiger partial charge is 0.0745 e. The van der Waals surface area contributed by atoms with Crippen molar-refractivity contribution in [1.82, 2.24) is 0 Å². The van der Waals surface area contributed by atoms with Crippen molar-refractivity contribution < 1.29 is 0 Å². The van der Waals surface area contributed by atoms with Crippen molar-refractivity contribution in [2.75, 3.05) is 0 Å². The Bertz CT molecular complexity index is 371. The molecular formula is C18H30. The van der Waals surface area contributed by atoms with E-state index in [2.05, 4.69) is 72.8 Å². The Morgan fingerprint density at radius 3 is 2.28 bits per heavy atom. The number of allylic oxidation sites excluding steroid dienone is 6. The molecular weight excluding hydrogens is 216 g/mol. The van der Waals surface area contributed by atoms with Crippen molar-refractivity contribution in [2.45, 2.75) is 61.3 Å². The summed E-state index contributed by atoms with van der Waals surface area (Å²) in [6.45, 7) is 16.3. The van der Waals surface area contributed by atoms with Crippen LogP contribution in [-0.4, -0.2) is 0 Å². The van der Waals surface area contributed by atoms with E-state index in [0.717, 1.165) is 5.92 Å². The van der Waals surface area contributed by atoms with Gasteiger partial charge in [-0.05, 0) is 31.1 Å². The van der Waals surface area contributed by atoms with Gasteiger partial charge in [0.1, 0.15) is 0 Å². The second-order valence-electron chi connectivity index (χ2n) is 7.38. The van der Waals surface area contributed by atoms with Crippen molar-refractivity contribution in [2.24, 2.45) is 16.7 Å². The summed E-state index contributed by atoms with van der Waals surface area (Å²) in [6, 6.07) is 0. The van der Waals surface area contributed by atoms with Gasteiger partial charge in [-0.2, -0.15) is 0 Å². The lowest BCUT2D eigenvalue weighted by Gasteiger charge is -2.39. The minimum Gasteiger partial charge on any atom is -0.0745 e. The van der Waals surface area contributed by atoms with E-state index in [4.69, 9.17) is 0 Å². The standard InChI is InChI=1S/C18H30/c1-14(2)11-13-18(7)12-9-8-10-15(3)16(18)17(4,5)6/h8-10,12,14H,11,13H2,1-7H3. The molecule has 1 unspecified atom stereocenters. The fourth-order valence-corrected chi connectivity index (χ4v) is 3.33. The smallest absolute Gasteiger partial charge is 0.00766 e. The maximum absolute atomic E-state index is 2.41. The van der Waals surface area contributed by atoms with Gasteiger partial charge in [-0.15, -0.1) is 0 Å². The molecule has 0 aromatic carbocycles. The van der Waals surface area contributed by atoms with Crippen molar-refractivity contribution in [3.8, 4) is 0 Å². The summed E-state index contributed by atoms with van der Waals surface area (Å²) in [7, 11) is 0. The maximum Gasteiger partial charge on any atom is 0.00766 e. The highest BCUT2D eigenvalue weighted by Gasteiger charge is 2.35. The van der Waals surface area contributed by atoms with E-state index in [1.54, 1.807) is 5.57 Å². The highest BCUT2D eigenvalue weighted by molar-refractivity contribution is 5.40. The zero-order chi connectivity index (χ0) is 14.0. The second-order valence-corrected chi connectivity index (χ2v) is 7.38. The van der Waals surface area contributed by atoms with E-state index in [9.17, 15) is 0 Å². The molecule has 0 spiro atoms.